The summed E-state index contributed by atoms with van der Waals surface area (Å²) in [5.41, 5.74) is 2.17. The van der Waals surface area contributed by atoms with Gasteiger partial charge in [0.15, 0.2) is 5.82 Å². The Bertz CT molecular complexity index is 1680. The Kier molecular flexibility index (Phi) is 8.12. The highest BCUT2D eigenvalue weighted by molar-refractivity contribution is 7.90. The number of nitrogens with one attached hydrogen (secondary N) is 2. The van der Waals surface area contributed by atoms with Gasteiger partial charge in [0.05, 0.1) is 41.3 Å². The predicted octanol–water partition coefficient (Wildman–Crippen LogP) is 3.84. The first-order valence-corrected chi connectivity index (χ1v) is 15.3. The van der Waals surface area contributed by atoms with E-state index in [1.54, 1.807) is 24.5 Å². The number of aliphatic hydroxyl groups excluding tert-OH is 1. The van der Waals surface area contributed by atoms with Crippen molar-refractivity contribution in [2.24, 2.45) is 5.92 Å². The van der Waals surface area contributed by atoms with E-state index in [4.69, 9.17) is 0 Å². The number of nitrogens with zero attached hydrogens (tertiary/aromatic N) is 7. The molecule has 6 rings (SSSR count). The van der Waals surface area contributed by atoms with E-state index in [0.717, 1.165) is 36.0 Å². The summed E-state index contributed by atoms with van der Waals surface area (Å²) in [5.74, 6) is 1.16. The molecule has 2 aliphatic carbocycles. The lowest BCUT2D eigenvalue weighted by atomic mass is 9.86. The zero-order valence-corrected chi connectivity index (χ0v) is 23.7. The van der Waals surface area contributed by atoms with E-state index in [-0.39, 0.29) is 24.4 Å². The molecule has 2 aliphatic rings. The Hall–Kier alpha value is -4.31. The van der Waals surface area contributed by atoms with Gasteiger partial charge in [0.25, 0.3) is 10.0 Å². The number of aliphatic hydroxyl groups is 1. The van der Waals surface area contributed by atoms with Gasteiger partial charge in [0.1, 0.15) is 11.6 Å². The molecule has 0 aromatic carbocycles. The average molecular weight is 614 g/mol. The maximum atomic E-state index is 12.6. The fourth-order valence-corrected chi connectivity index (χ4v) is 6.42. The van der Waals surface area contributed by atoms with Crippen molar-refractivity contribution in [2.75, 3.05) is 17.2 Å². The molecule has 3 N–H and O–H groups in total. The molecule has 4 heterocycles. The molecule has 4 aromatic rings. The van der Waals surface area contributed by atoms with Crippen molar-refractivity contribution in [3.8, 4) is 28.5 Å². The number of rotatable bonds is 11. The van der Waals surface area contributed by atoms with Crippen LogP contribution in [0.25, 0.3) is 22.6 Å². The third-order valence-electron chi connectivity index (χ3n) is 7.42. The summed E-state index contributed by atoms with van der Waals surface area (Å²) in [6.45, 7) is -2.84. The van der Waals surface area contributed by atoms with Crippen LogP contribution in [-0.2, 0) is 10.0 Å². The smallest absolute Gasteiger partial charge is 0.388 e. The van der Waals surface area contributed by atoms with Gasteiger partial charge in [-0.3, -0.25) is 0 Å². The molecule has 0 spiro atoms. The molecule has 0 radical (unpaired) electrons. The molecule has 16 heteroatoms. The van der Waals surface area contributed by atoms with Crippen LogP contribution in [0.3, 0.4) is 0 Å². The molecule has 0 unspecified atom stereocenters. The lowest BCUT2D eigenvalue weighted by Crippen LogP contribution is -2.27. The second kappa shape index (κ2) is 12.1. The molecule has 4 aromatic heterocycles. The Morgan fingerprint density at radius 1 is 1.00 bits per heavy atom. The van der Waals surface area contributed by atoms with Crippen molar-refractivity contribution in [1.29, 1.82) is 0 Å². The fraction of sp³-hybridized carbons (Fsp3) is 0.407. The first-order valence-electron chi connectivity index (χ1n) is 13.8. The van der Waals surface area contributed by atoms with Gasteiger partial charge in [0, 0.05) is 42.4 Å². The largest absolute Gasteiger partial charge is 0.415 e. The van der Waals surface area contributed by atoms with Crippen LogP contribution in [0.5, 0.6) is 5.88 Å². The first kappa shape index (κ1) is 28.8. The van der Waals surface area contributed by atoms with Crippen LogP contribution < -0.4 is 15.4 Å². The molecule has 0 aliphatic heterocycles. The van der Waals surface area contributed by atoms with E-state index in [2.05, 4.69) is 45.4 Å². The van der Waals surface area contributed by atoms with E-state index in [1.807, 2.05) is 0 Å². The standard InChI is InChI=1S/C27H29F2N9O4S/c28-27(29)42-25-13-31-22(12-33-25)20-11-32-24(9-21(20)35-18-3-1-16(15-39)2-4-18)36-23-7-8-30-26(37-23)17-10-34-38(14-17)43(40,41)19-5-6-19/h7-14,16,18-19,27,39H,1-6,15H2,(H2,30,32,35,36,37). The van der Waals surface area contributed by atoms with Crippen molar-refractivity contribution < 1.29 is 27.0 Å². The average Bonchev–Trinajstić information content (AvgIpc) is 3.75. The molecule has 0 amide bonds. The minimum atomic E-state index is -3.51. The van der Waals surface area contributed by atoms with Gasteiger partial charge in [-0.05, 0) is 50.5 Å². The van der Waals surface area contributed by atoms with Gasteiger partial charge in [-0.25, -0.2) is 33.3 Å². The number of pyridine rings is 1. The second-order valence-electron chi connectivity index (χ2n) is 10.5. The summed E-state index contributed by atoms with van der Waals surface area (Å²) in [4.78, 5) is 21.5. The molecular formula is C27H29F2N9O4S. The van der Waals surface area contributed by atoms with E-state index in [9.17, 15) is 22.3 Å². The van der Waals surface area contributed by atoms with Gasteiger partial charge in [0.2, 0.25) is 5.88 Å². The Balaban J connectivity index is 1.25. The normalized spacial score (nSPS) is 18.9. The Morgan fingerprint density at radius 3 is 2.51 bits per heavy atom. The lowest BCUT2D eigenvalue weighted by molar-refractivity contribution is -0.0531. The zero-order chi connectivity index (χ0) is 30.0. The van der Waals surface area contributed by atoms with Crippen LogP contribution in [-0.4, -0.2) is 72.1 Å². The Labute approximate surface area is 245 Å². The molecule has 0 saturated heterocycles. The van der Waals surface area contributed by atoms with E-state index in [0.29, 0.717) is 52.8 Å². The molecule has 0 atom stereocenters. The van der Waals surface area contributed by atoms with Crippen molar-refractivity contribution >= 4 is 27.3 Å². The number of ether oxygens (including phenoxy) is 1. The maximum absolute atomic E-state index is 12.6. The van der Waals surface area contributed by atoms with Crippen molar-refractivity contribution in [1.82, 2.24) is 34.1 Å². The van der Waals surface area contributed by atoms with Gasteiger partial charge in [-0.1, -0.05) is 0 Å². The summed E-state index contributed by atoms with van der Waals surface area (Å²) >= 11 is 0. The molecule has 13 nitrogen and oxygen atoms in total. The number of halogens is 2. The van der Waals surface area contributed by atoms with Gasteiger partial charge < -0.3 is 20.5 Å². The van der Waals surface area contributed by atoms with Gasteiger partial charge in [-0.2, -0.15) is 18.0 Å². The SMILES string of the molecule is O=S(=O)(C1CC1)n1cc(-c2nccc(Nc3cc(NC4CCC(CO)CC4)c(-c4cnc(OC(F)F)cn4)cn3)n2)cn1. The van der Waals surface area contributed by atoms with Crippen LogP contribution in [0.4, 0.5) is 26.1 Å². The highest BCUT2D eigenvalue weighted by Crippen LogP contribution is 2.33. The summed E-state index contributed by atoms with van der Waals surface area (Å²) in [7, 11) is -3.51. The molecule has 43 heavy (non-hydrogen) atoms. The van der Waals surface area contributed by atoms with Crippen LogP contribution in [0.15, 0.2) is 49.3 Å². The Morgan fingerprint density at radius 2 is 1.81 bits per heavy atom. The van der Waals surface area contributed by atoms with Crippen LogP contribution in [0.2, 0.25) is 0 Å². The number of anilines is 3. The maximum Gasteiger partial charge on any atom is 0.388 e. The molecule has 2 fully saturated rings. The molecule has 226 valence electrons. The van der Waals surface area contributed by atoms with E-state index >= 15 is 0 Å². The van der Waals surface area contributed by atoms with Crippen molar-refractivity contribution in [2.45, 2.75) is 56.4 Å². The van der Waals surface area contributed by atoms with Crippen molar-refractivity contribution in [3.63, 3.8) is 0 Å². The summed E-state index contributed by atoms with van der Waals surface area (Å²) in [6, 6.07) is 3.59. The van der Waals surface area contributed by atoms with Gasteiger partial charge in [-0.15, -0.1) is 0 Å². The zero-order valence-electron chi connectivity index (χ0n) is 22.8. The summed E-state index contributed by atoms with van der Waals surface area (Å²) in [6.07, 6.45) is 13.2. The van der Waals surface area contributed by atoms with Gasteiger partial charge >= 0.3 is 6.61 Å². The predicted molar refractivity (Wildman–Crippen MR) is 152 cm³/mol. The molecule has 2 saturated carbocycles. The molecule has 0 bridgehead atoms. The second-order valence-corrected chi connectivity index (χ2v) is 12.6. The first-order chi connectivity index (χ1) is 20.8. The number of aromatic nitrogens is 7. The number of alkyl halides is 2. The van der Waals surface area contributed by atoms with Crippen LogP contribution in [0, 0.1) is 5.92 Å². The van der Waals surface area contributed by atoms with E-state index < -0.39 is 21.9 Å². The highest BCUT2D eigenvalue weighted by atomic mass is 32.2. The third-order valence-corrected chi connectivity index (χ3v) is 9.45. The van der Waals surface area contributed by atoms with Crippen molar-refractivity contribution in [3.05, 3.63) is 49.3 Å². The van der Waals surface area contributed by atoms with E-state index in [1.165, 1.54) is 18.6 Å². The minimum absolute atomic E-state index is 0.139. The minimum Gasteiger partial charge on any atom is -0.415 e. The summed E-state index contributed by atoms with van der Waals surface area (Å²) < 4.78 is 55.5. The quantitative estimate of drug-likeness (QED) is 0.224. The third kappa shape index (κ3) is 6.69. The molecular weight excluding hydrogens is 584 g/mol. The lowest BCUT2D eigenvalue weighted by Gasteiger charge is -2.29. The topological polar surface area (TPSA) is 170 Å². The number of hydrogen-bond acceptors (Lipinski definition) is 12. The van der Waals surface area contributed by atoms with Crippen LogP contribution in [0.1, 0.15) is 38.5 Å². The number of hydrogen-bond donors (Lipinski definition) is 3. The monoisotopic (exact) mass is 613 g/mol. The van der Waals surface area contributed by atoms with Crippen LogP contribution >= 0.6 is 0 Å². The fourth-order valence-electron chi connectivity index (χ4n) is 4.94. The highest BCUT2D eigenvalue weighted by Gasteiger charge is 2.37. The summed E-state index contributed by atoms with van der Waals surface area (Å²) in [5, 5.41) is 19.8.